The van der Waals surface area contributed by atoms with Crippen molar-refractivity contribution in [2.24, 2.45) is 5.16 Å². The van der Waals surface area contributed by atoms with Gasteiger partial charge in [-0.05, 0) is 6.07 Å². The first-order chi connectivity index (χ1) is 5.38. The van der Waals surface area contributed by atoms with Crippen molar-refractivity contribution in [3.63, 3.8) is 0 Å². The summed E-state index contributed by atoms with van der Waals surface area (Å²) in [5, 5.41) is 4.45. The molecule has 60 valence electrons. The van der Waals surface area contributed by atoms with E-state index in [9.17, 15) is 0 Å². The van der Waals surface area contributed by atoms with Gasteiger partial charge in [0.25, 0.3) is 0 Å². The molecule has 0 radical (unpaired) electrons. The van der Waals surface area contributed by atoms with E-state index in [4.69, 9.17) is 4.42 Å². The Morgan fingerprint density at radius 3 is 3.09 bits per heavy atom. The summed E-state index contributed by atoms with van der Waals surface area (Å²) in [7, 11) is 1.52. The number of hydrogen-bond acceptors (Lipinski definition) is 3. The van der Waals surface area contributed by atoms with Gasteiger partial charge in [-0.1, -0.05) is 21.1 Å². The smallest absolute Gasteiger partial charge is 0.106 e. The van der Waals surface area contributed by atoms with Crippen LogP contribution in [0.4, 0.5) is 0 Å². The van der Waals surface area contributed by atoms with Gasteiger partial charge in [0.2, 0.25) is 0 Å². The SMILES string of the molecule is CO/N=C(\CBr)c1ccoc1. The van der Waals surface area contributed by atoms with E-state index in [1.807, 2.05) is 6.07 Å². The number of alkyl halides is 1. The van der Waals surface area contributed by atoms with Gasteiger partial charge in [0.05, 0.1) is 12.5 Å². The molecular formula is C7H8BrNO2. The van der Waals surface area contributed by atoms with Crippen LogP contribution in [0.25, 0.3) is 0 Å². The first kappa shape index (κ1) is 8.33. The molecule has 0 aromatic carbocycles. The fraction of sp³-hybridized carbons (Fsp3) is 0.286. The molecule has 0 unspecified atom stereocenters. The van der Waals surface area contributed by atoms with Crippen LogP contribution in [0.1, 0.15) is 5.56 Å². The predicted molar refractivity (Wildman–Crippen MR) is 46.0 cm³/mol. The van der Waals surface area contributed by atoms with Crippen LogP contribution in [0.3, 0.4) is 0 Å². The second-order valence-electron chi connectivity index (χ2n) is 1.87. The number of furan rings is 1. The molecule has 0 amide bonds. The zero-order valence-corrected chi connectivity index (χ0v) is 7.67. The van der Waals surface area contributed by atoms with Gasteiger partial charge in [0, 0.05) is 10.9 Å². The van der Waals surface area contributed by atoms with Crippen LogP contribution in [0.2, 0.25) is 0 Å². The average molecular weight is 218 g/mol. The third-order valence-electron chi connectivity index (χ3n) is 1.18. The number of rotatable bonds is 3. The second kappa shape index (κ2) is 4.18. The summed E-state index contributed by atoms with van der Waals surface area (Å²) in [5.74, 6) is 0. The van der Waals surface area contributed by atoms with Gasteiger partial charge in [-0.3, -0.25) is 0 Å². The molecule has 0 fully saturated rings. The topological polar surface area (TPSA) is 34.7 Å². The molecule has 1 heterocycles. The summed E-state index contributed by atoms with van der Waals surface area (Å²) in [6.45, 7) is 0. The minimum absolute atomic E-state index is 0.653. The van der Waals surface area contributed by atoms with Gasteiger partial charge in [-0.2, -0.15) is 0 Å². The van der Waals surface area contributed by atoms with Crippen LogP contribution in [0.15, 0.2) is 28.2 Å². The van der Waals surface area contributed by atoms with Crippen LogP contribution >= 0.6 is 15.9 Å². The average Bonchev–Trinajstić information content (AvgIpc) is 2.52. The van der Waals surface area contributed by atoms with E-state index >= 15 is 0 Å². The maximum absolute atomic E-state index is 4.89. The minimum Gasteiger partial charge on any atom is -0.472 e. The molecule has 0 atom stereocenters. The van der Waals surface area contributed by atoms with Crippen molar-refractivity contribution in [1.29, 1.82) is 0 Å². The molecule has 3 nitrogen and oxygen atoms in total. The lowest BCUT2D eigenvalue weighted by Gasteiger charge is -1.95. The molecule has 11 heavy (non-hydrogen) atoms. The van der Waals surface area contributed by atoms with Crippen LogP contribution in [0.5, 0.6) is 0 Å². The standard InChI is InChI=1S/C7H8BrNO2/c1-10-9-7(4-8)6-2-3-11-5-6/h2-3,5H,4H2,1H3/b9-7+. The van der Waals surface area contributed by atoms with Gasteiger partial charge >= 0.3 is 0 Å². The Bertz CT molecular complexity index is 231. The van der Waals surface area contributed by atoms with E-state index in [-0.39, 0.29) is 0 Å². The lowest BCUT2D eigenvalue weighted by molar-refractivity contribution is 0.213. The van der Waals surface area contributed by atoms with Crippen molar-refractivity contribution in [2.45, 2.75) is 0 Å². The maximum atomic E-state index is 4.89. The Balaban J connectivity index is 2.79. The van der Waals surface area contributed by atoms with Crippen molar-refractivity contribution >= 4 is 21.6 Å². The molecule has 0 aliphatic heterocycles. The molecule has 0 aliphatic rings. The van der Waals surface area contributed by atoms with Crippen molar-refractivity contribution < 1.29 is 9.25 Å². The van der Waals surface area contributed by atoms with E-state index in [0.29, 0.717) is 5.33 Å². The second-order valence-corrected chi connectivity index (χ2v) is 2.43. The summed E-state index contributed by atoms with van der Waals surface area (Å²) in [5.41, 5.74) is 1.75. The Morgan fingerprint density at radius 2 is 2.64 bits per heavy atom. The molecule has 0 bridgehead atoms. The highest BCUT2D eigenvalue weighted by molar-refractivity contribution is 9.09. The van der Waals surface area contributed by atoms with E-state index in [2.05, 4.69) is 25.9 Å². The van der Waals surface area contributed by atoms with Gasteiger partial charge in [0.15, 0.2) is 0 Å². The first-order valence-electron chi connectivity index (χ1n) is 3.07. The molecule has 1 aromatic heterocycles. The zero-order chi connectivity index (χ0) is 8.10. The molecular weight excluding hydrogens is 210 g/mol. The Hall–Kier alpha value is -0.770. The molecule has 1 aromatic rings. The molecule has 0 saturated heterocycles. The summed E-state index contributed by atoms with van der Waals surface area (Å²) in [6.07, 6.45) is 3.22. The Morgan fingerprint density at radius 1 is 1.82 bits per heavy atom. The quantitative estimate of drug-likeness (QED) is 0.442. The molecule has 0 saturated carbocycles. The van der Waals surface area contributed by atoms with Gasteiger partial charge in [-0.15, -0.1) is 0 Å². The number of halogens is 1. The van der Waals surface area contributed by atoms with Gasteiger partial charge < -0.3 is 9.25 Å². The Kier molecular flexibility index (Phi) is 3.16. The van der Waals surface area contributed by atoms with E-state index in [1.54, 1.807) is 12.5 Å². The largest absolute Gasteiger partial charge is 0.472 e. The molecule has 0 spiro atoms. The third kappa shape index (κ3) is 2.08. The maximum Gasteiger partial charge on any atom is 0.106 e. The number of hydrogen-bond donors (Lipinski definition) is 0. The van der Waals surface area contributed by atoms with Crippen molar-refractivity contribution in [3.05, 3.63) is 24.2 Å². The summed E-state index contributed by atoms with van der Waals surface area (Å²) >= 11 is 3.29. The highest BCUT2D eigenvalue weighted by atomic mass is 79.9. The van der Waals surface area contributed by atoms with E-state index in [0.717, 1.165) is 11.3 Å². The van der Waals surface area contributed by atoms with Crippen LogP contribution in [-0.4, -0.2) is 18.2 Å². The molecule has 4 heteroatoms. The number of oxime groups is 1. The highest BCUT2D eigenvalue weighted by Crippen LogP contribution is 2.04. The fourth-order valence-corrected chi connectivity index (χ4v) is 1.12. The highest BCUT2D eigenvalue weighted by Gasteiger charge is 2.02. The lowest BCUT2D eigenvalue weighted by atomic mass is 10.2. The monoisotopic (exact) mass is 217 g/mol. The minimum atomic E-state index is 0.653. The molecule has 1 rings (SSSR count). The van der Waals surface area contributed by atoms with Crippen molar-refractivity contribution in [3.8, 4) is 0 Å². The first-order valence-corrected chi connectivity index (χ1v) is 4.19. The van der Waals surface area contributed by atoms with Gasteiger partial charge in [0.1, 0.15) is 12.8 Å². The van der Waals surface area contributed by atoms with Crippen molar-refractivity contribution in [2.75, 3.05) is 12.4 Å². The third-order valence-corrected chi connectivity index (χ3v) is 1.71. The normalized spacial score (nSPS) is 11.6. The van der Waals surface area contributed by atoms with Crippen LogP contribution in [0, 0.1) is 0 Å². The lowest BCUT2D eigenvalue weighted by Crippen LogP contribution is -2.00. The molecule has 0 aliphatic carbocycles. The van der Waals surface area contributed by atoms with Crippen molar-refractivity contribution in [1.82, 2.24) is 0 Å². The number of nitrogens with zero attached hydrogens (tertiary/aromatic N) is 1. The fourth-order valence-electron chi connectivity index (χ4n) is 0.693. The summed E-state index contributed by atoms with van der Waals surface area (Å²) in [4.78, 5) is 4.63. The Labute approximate surface area is 73.2 Å². The zero-order valence-electron chi connectivity index (χ0n) is 6.08. The summed E-state index contributed by atoms with van der Waals surface area (Å²) in [6, 6.07) is 1.83. The van der Waals surface area contributed by atoms with E-state index in [1.165, 1.54) is 7.11 Å². The van der Waals surface area contributed by atoms with E-state index < -0.39 is 0 Å². The van der Waals surface area contributed by atoms with Crippen LogP contribution < -0.4 is 0 Å². The predicted octanol–water partition coefficient (Wildman–Crippen LogP) is 2.03. The summed E-state index contributed by atoms with van der Waals surface area (Å²) < 4.78 is 4.89. The van der Waals surface area contributed by atoms with Gasteiger partial charge in [-0.25, -0.2) is 0 Å². The van der Waals surface area contributed by atoms with Crippen LogP contribution in [-0.2, 0) is 4.84 Å². The molecule has 0 N–H and O–H groups in total.